The number of aliphatic hydroxyl groups is 2. The molecule has 1 aromatic rings. The zero-order valence-corrected chi connectivity index (χ0v) is 21.2. The molecule has 0 aliphatic carbocycles. The van der Waals surface area contributed by atoms with Crippen molar-refractivity contribution in [2.75, 3.05) is 6.61 Å². The molecule has 2 N–H and O–H groups in total. The molecule has 0 saturated carbocycles. The second-order valence-corrected chi connectivity index (χ2v) is 9.33. The highest BCUT2D eigenvalue weighted by Crippen LogP contribution is 2.23. The lowest BCUT2D eigenvalue weighted by Gasteiger charge is -2.22. The summed E-state index contributed by atoms with van der Waals surface area (Å²) in [5.41, 5.74) is 2.25. The molecule has 0 aliphatic heterocycles. The highest BCUT2D eigenvalue weighted by atomic mass is 16.3. The molecule has 0 saturated heterocycles. The number of unbranched alkanes of at least 4 members (excludes halogenated alkanes) is 2. The van der Waals surface area contributed by atoms with Crippen LogP contribution >= 0.6 is 0 Å². The van der Waals surface area contributed by atoms with Crippen molar-refractivity contribution in [1.29, 1.82) is 0 Å². The van der Waals surface area contributed by atoms with Gasteiger partial charge in [0, 0.05) is 24.3 Å². The first-order valence-corrected chi connectivity index (χ1v) is 12.7. The van der Waals surface area contributed by atoms with Crippen LogP contribution in [0.4, 0.5) is 0 Å². The molecule has 0 aliphatic rings. The Hall–Kier alpha value is -2.30. The predicted octanol–water partition coefficient (Wildman–Crippen LogP) is 6.17. The fraction of sp³-hybridized carbons (Fsp3) is 0.533. The number of Topliss-reactive ketones (excluding diaryl/α,β-unsaturated/α-hetero) is 2. The number of allylic oxidation sites excluding steroid dienone is 2. The van der Waals surface area contributed by atoms with Gasteiger partial charge < -0.3 is 10.2 Å². The predicted molar refractivity (Wildman–Crippen MR) is 141 cm³/mol. The summed E-state index contributed by atoms with van der Waals surface area (Å²) >= 11 is 0. The number of hydrogen-bond acceptors (Lipinski definition) is 4. The molecule has 0 fully saturated rings. The Labute approximate surface area is 206 Å². The van der Waals surface area contributed by atoms with Gasteiger partial charge in [0.2, 0.25) is 0 Å². The second kappa shape index (κ2) is 17.2. The molecule has 0 spiro atoms. The smallest absolute Gasteiger partial charge is 0.160 e. The van der Waals surface area contributed by atoms with E-state index < -0.39 is 6.10 Å². The first-order chi connectivity index (χ1) is 16.3. The summed E-state index contributed by atoms with van der Waals surface area (Å²) < 4.78 is 0. The van der Waals surface area contributed by atoms with Crippen molar-refractivity contribution in [2.45, 2.75) is 84.2 Å². The van der Waals surface area contributed by atoms with E-state index in [1.54, 1.807) is 0 Å². The Morgan fingerprint density at radius 1 is 1.03 bits per heavy atom. The maximum Gasteiger partial charge on any atom is 0.160 e. The van der Waals surface area contributed by atoms with Crippen LogP contribution in [0, 0.1) is 11.8 Å². The molecule has 1 aromatic carbocycles. The van der Waals surface area contributed by atoms with Crippen molar-refractivity contribution in [3.8, 4) is 0 Å². The Bertz CT molecular complexity index is 793. The summed E-state index contributed by atoms with van der Waals surface area (Å²) in [4.78, 5) is 25.2. The molecule has 34 heavy (non-hydrogen) atoms. The van der Waals surface area contributed by atoms with Gasteiger partial charge in [-0.3, -0.25) is 9.59 Å². The summed E-state index contributed by atoms with van der Waals surface area (Å²) in [6.45, 7) is 11.5. The molecule has 0 amide bonds. The van der Waals surface area contributed by atoms with E-state index in [9.17, 15) is 19.8 Å². The van der Waals surface area contributed by atoms with Crippen LogP contribution in [-0.4, -0.2) is 34.5 Å². The van der Waals surface area contributed by atoms with Gasteiger partial charge in [0.25, 0.3) is 0 Å². The van der Waals surface area contributed by atoms with Crippen molar-refractivity contribution in [2.24, 2.45) is 11.8 Å². The molecule has 4 heteroatoms. The number of carbonyl (C=O) groups is 2. The fourth-order valence-electron chi connectivity index (χ4n) is 4.13. The molecule has 0 bridgehead atoms. The van der Waals surface area contributed by atoms with Gasteiger partial charge in [0.15, 0.2) is 5.78 Å². The van der Waals surface area contributed by atoms with Crippen molar-refractivity contribution in [3.63, 3.8) is 0 Å². The second-order valence-electron chi connectivity index (χ2n) is 9.33. The monoisotopic (exact) mass is 468 g/mol. The molecule has 188 valence electrons. The lowest BCUT2D eigenvalue weighted by molar-refractivity contribution is -0.121. The van der Waals surface area contributed by atoms with Crippen LogP contribution in [0.1, 0.15) is 77.2 Å². The molecule has 3 atom stereocenters. The number of aliphatic hydroxyl groups excluding tert-OH is 2. The van der Waals surface area contributed by atoms with Crippen LogP contribution in [0.3, 0.4) is 0 Å². The SMILES string of the molecule is C=C(CC(=O)[C@H](/C=C/C[C@H](O)C(CCCCC)CC(=O)C(=C)CO)CCC)Cc1ccccc1. The van der Waals surface area contributed by atoms with E-state index in [1.807, 2.05) is 42.5 Å². The maximum absolute atomic E-state index is 12.9. The van der Waals surface area contributed by atoms with Crippen molar-refractivity contribution in [1.82, 2.24) is 0 Å². The van der Waals surface area contributed by atoms with E-state index in [2.05, 4.69) is 27.0 Å². The van der Waals surface area contributed by atoms with Crippen LogP contribution < -0.4 is 0 Å². The van der Waals surface area contributed by atoms with E-state index in [0.717, 1.165) is 49.7 Å². The normalized spacial score (nSPS) is 14.0. The van der Waals surface area contributed by atoms with Gasteiger partial charge in [-0.05, 0) is 37.2 Å². The van der Waals surface area contributed by atoms with E-state index in [-0.39, 0.29) is 42.0 Å². The molecule has 1 rings (SSSR count). The standard InChI is InChI=1S/C30H44O4/c1-5-7-9-16-27(21-29(33)24(4)22-31)28(32)18-12-17-26(13-6-2)30(34)20-23(3)19-25-14-10-8-11-15-25/h8,10-12,14-15,17,26-28,31-32H,3-7,9,13,16,18-22H2,1-2H3/b17-12+/t26-,27?,28-/m0/s1. The van der Waals surface area contributed by atoms with Gasteiger partial charge in [-0.15, -0.1) is 0 Å². The van der Waals surface area contributed by atoms with Crippen molar-refractivity contribution in [3.05, 3.63) is 72.4 Å². The largest absolute Gasteiger partial charge is 0.393 e. The summed E-state index contributed by atoms with van der Waals surface area (Å²) in [7, 11) is 0. The minimum absolute atomic E-state index is 0.155. The van der Waals surface area contributed by atoms with Crippen molar-refractivity contribution < 1.29 is 19.8 Å². The van der Waals surface area contributed by atoms with Crippen LogP contribution in [0.25, 0.3) is 0 Å². The van der Waals surface area contributed by atoms with Crippen LogP contribution in [0.15, 0.2) is 66.8 Å². The molecule has 0 radical (unpaired) electrons. The van der Waals surface area contributed by atoms with E-state index >= 15 is 0 Å². The highest BCUT2D eigenvalue weighted by Gasteiger charge is 2.23. The summed E-state index contributed by atoms with van der Waals surface area (Å²) in [6, 6.07) is 10.0. The average Bonchev–Trinajstić information content (AvgIpc) is 2.82. The topological polar surface area (TPSA) is 74.6 Å². The Morgan fingerprint density at radius 2 is 1.74 bits per heavy atom. The minimum Gasteiger partial charge on any atom is -0.393 e. The quantitative estimate of drug-likeness (QED) is 0.145. The molecule has 4 nitrogen and oxygen atoms in total. The first-order valence-electron chi connectivity index (χ1n) is 12.7. The third-order valence-corrected chi connectivity index (χ3v) is 6.24. The fourth-order valence-corrected chi connectivity index (χ4v) is 4.13. The van der Waals surface area contributed by atoms with E-state index in [4.69, 9.17) is 0 Å². The van der Waals surface area contributed by atoms with Gasteiger partial charge >= 0.3 is 0 Å². The number of carbonyl (C=O) groups excluding carboxylic acids is 2. The van der Waals surface area contributed by atoms with Gasteiger partial charge in [-0.25, -0.2) is 0 Å². The summed E-state index contributed by atoms with van der Waals surface area (Å²) in [5, 5.41) is 20.0. The summed E-state index contributed by atoms with van der Waals surface area (Å²) in [5.74, 6) is -0.414. The van der Waals surface area contributed by atoms with Crippen LogP contribution in [0.2, 0.25) is 0 Å². The van der Waals surface area contributed by atoms with Crippen LogP contribution in [-0.2, 0) is 16.0 Å². The molecule has 0 heterocycles. The van der Waals surface area contributed by atoms with Gasteiger partial charge in [0.05, 0.1) is 12.7 Å². The molecule has 0 aromatic heterocycles. The van der Waals surface area contributed by atoms with E-state index in [0.29, 0.717) is 19.3 Å². The number of ketones is 2. The van der Waals surface area contributed by atoms with Crippen LogP contribution in [0.5, 0.6) is 0 Å². The zero-order chi connectivity index (χ0) is 25.3. The molecular formula is C30H44O4. The molecular weight excluding hydrogens is 424 g/mol. The highest BCUT2D eigenvalue weighted by molar-refractivity contribution is 5.95. The Morgan fingerprint density at radius 3 is 2.35 bits per heavy atom. The first kappa shape index (κ1) is 29.7. The minimum atomic E-state index is -0.672. The summed E-state index contributed by atoms with van der Waals surface area (Å²) in [6.07, 6.45) is 10.2. The lowest BCUT2D eigenvalue weighted by Crippen LogP contribution is -2.24. The molecule has 1 unspecified atom stereocenters. The number of rotatable bonds is 19. The Kier molecular flexibility index (Phi) is 15.0. The average molecular weight is 469 g/mol. The number of hydrogen-bond donors (Lipinski definition) is 2. The van der Waals surface area contributed by atoms with Gasteiger partial charge in [-0.2, -0.15) is 0 Å². The van der Waals surface area contributed by atoms with Crippen molar-refractivity contribution >= 4 is 11.6 Å². The lowest BCUT2D eigenvalue weighted by atomic mass is 9.87. The van der Waals surface area contributed by atoms with Gasteiger partial charge in [-0.1, -0.05) is 101 Å². The zero-order valence-electron chi connectivity index (χ0n) is 21.2. The van der Waals surface area contributed by atoms with Gasteiger partial charge in [0.1, 0.15) is 5.78 Å². The Balaban J connectivity index is 2.71. The maximum atomic E-state index is 12.9. The number of benzene rings is 1. The van der Waals surface area contributed by atoms with E-state index in [1.165, 1.54) is 0 Å². The third-order valence-electron chi connectivity index (χ3n) is 6.24. The third kappa shape index (κ3) is 11.7.